The molecule has 0 atom stereocenters. The molecule has 92 valence electrons. The van der Waals surface area contributed by atoms with Crippen molar-refractivity contribution >= 4 is 27.7 Å². The molecule has 0 unspecified atom stereocenters. The molecule has 1 rings (SSSR count). The summed E-state index contributed by atoms with van der Waals surface area (Å²) >= 11 is 3.26. The second kappa shape index (κ2) is 5.45. The largest absolute Gasteiger partial charge is 0.454 e. The highest BCUT2D eigenvalue weighted by atomic mass is 79.9. The van der Waals surface area contributed by atoms with Crippen LogP contribution in [0.5, 0.6) is 0 Å². The van der Waals surface area contributed by atoms with Crippen molar-refractivity contribution in [2.24, 2.45) is 5.41 Å². The molecule has 0 heterocycles. The van der Waals surface area contributed by atoms with Crippen molar-refractivity contribution in [3.63, 3.8) is 0 Å². The highest BCUT2D eigenvalue weighted by Gasteiger charge is 2.23. The molecule has 1 aromatic rings. The van der Waals surface area contributed by atoms with Gasteiger partial charge in [0.1, 0.15) is 0 Å². The highest BCUT2D eigenvalue weighted by molar-refractivity contribution is 9.10. The van der Waals surface area contributed by atoms with Crippen molar-refractivity contribution in [2.45, 2.75) is 20.8 Å². The minimum Gasteiger partial charge on any atom is -0.454 e. The van der Waals surface area contributed by atoms with E-state index in [4.69, 9.17) is 4.74 Å². The Morgan fingerprint density at radius 3 is 2.35 bits per heavy atom. The highest BCUT2D eigenvalue weighted by Crippen LogP contribution is 2.18. The zero-order valence-electron chi connectivity index (χ0n) is 10.1. The van der Waals surface area contributed by atoms with Gasteiger partial charge < -0.3 is 4.74 Å². The maximum absolute atomic E-state index is 11.7. The van der Waals surface area contributed by atoms with Crippen LogP contribution in [0.2, 0.25) is 0 Å². The summed E-state index contributed by atoms with van der Waals surface area (Å²) in [4.78, 5) is 23.3. The first kappa shape index (κ1) is 13.9. The van der Waals surface area contributed by atoms with E-state index in [0.717, 1.165) is 0 Å². The molecular formula is C13H15BrO3. The first-order valence-corrected chi connectivity index (χ1v) is 6.06. The number of esters is 1. The number of ether oxygens (including phenoxy) is 1. The van der Waals surface area contributed by atoms with E-state index < -0.39 is 11.4 Å². The average molecular weight is 299 g/mol. The number of benzene rings is 1. The second-order valence-electron chi connectivity index (χ2n) is 4.73. The lowest BCUT2D eigenvalue weighted by Crippen LogP contribution is -2.26. The third-order valence-corrected chi connectivity index (χ3v) is 2.96. The van der Waals surface area contributed by atoms with Gasteiger partial charge in [-0.05, 0) is 28.1 Å². The number of carbonyl (C=O) groups excluding carboxylic acids is 2. The maximum Gasteiger partial charge on any atom is 0.339 e. The Kier molecular flexibility index (Phi) is 4.46. The van der Waals surface area contributed by atoms with E-state index >= 15 is 0 Å². The SMILES string of the molecule is CC(C)(C)C(=O)COC(=O)c1ccccc1Br. The molecule has 0 aliphatic heterocycles. The first-order chi connectivity index (χ1) is 7.82. The number of Topliss-reactive ketones (excluding diaryl/α,β-unsaturated/α-hetero) is 1. The summed E-state index contributed by atoms with van der Waals surface area (Å²) in [6.45, 7) is 5.19. The number of rotatable bonds is 3. The van der Waals surface area contributed by atoms with E-state index in [1.807, 2.05) is 0 Å². The average Bonchev–Trinajstić information content (AvgIpc) is 2.24. The second-order valence-corrected chi connectivity index (χ2v) is 5.58. The van der Waals surface area contributed by atoms with Crippen molar-refractivity contribution in [2.75, 3.05) is 6.61 Å². The topological polar surface area (TPSA) is 43.4 Å². The monoisotopic (exact) mass is 298 g/mol. The minimum atomic E-state index is -0.492. The van der Waals surface area contributed by atoms with Gasteiger partial charge in [-0.2, -0.15) is 0 Å². The van der Waals surface area contributed by atoms with E-state index in [2.05, 4.69) is 15.9 Å². The molecule has 0 bridgehead atoms. The number of halogens is 1. The van der Waals surface area contributed by atoms with Gasteiger partial charge in [0.05, 0.1) is 5.56 Å². The molecule has 0 saturated carbocycles. The molecule has 0 N–H and O–H groups in total. The summed E-state index contributed by atoms with van der Waals surface area (Å²) in [6.07, 6.45) is 0. The molecule has 0 aliphatic rings. The fourth-order valence-electron chi connectivity index (χ4n) is 1.05. The van der Waals surface area contributed by atoms with Crippen LogP contribution in [0.25, 0.3) is 0 Å². The van der Waals surface area contributed by atoms with Crippen LogP contribution in [0.1, 0.15) is 31.1 Å². The maximum atomic E-state index is 11.7. The molecular weight excluding hydrogens is 284 g/mol. The number of carbonyl (C=O) groups is 2. The van der Waals surface area contributed by atoms with Crippen molar-refractivity contribution in [3.05, 3.63) is 34.3 Å². The quantitative estimate of drug-likeness (QED) is 0.805. The van der Waals surface area contributed by atoms with Crippen LogP contribution in [0, 0.1) is 5.41 Å². The van der Waals surface area contributed by atoms with Crippen LogP contribution in [-0.2, 0) is 9.53 Å². The summed E-state index contributed by atoms with van der Waals surface area (Å²) in [5.74, 6) is -0.590. The van der Waals surface area contributed by atoms with Gasteiger partial charge >= 0.3 is 5.97 Å². The first-order valence-electron chi connectivity index (χ1n) is 5.27. The fourth-order valence-corrected chi connectivity index (χ4v) is 1.50. The summed E-state index contributed by atoms with van der Waals surface area (Å²) < 4.78 is 5.64. The molecule has 1 aromatic carbocycles. The predicted octanol–water partition coefficient (Wildman–Crippen LogP) is 3.22. The molecule has 17 heavy (non-hydrogen) atoms. The Morgan fingerprint density at radius 2 is 1.82 bits per heavy atom. The lowest BCUT2D eigenvalue weighted by atomic mass is 9.91. The summed E-state index contributed by atoms with van der Waals surface area (Å²) in [5, 5.41) is 0. The number of ketones is 1. The molecule has 0 spiro atoms. The third-order valence-electron chi connectivity index (χ3n) is 2.26. The van der Waals surface area contributed by atoms with Crippen molar-refractivity contribution in [1.29, 1.82) is 0 Å². The Balaban J connectivity index is 2.63. The molecule has 0 amide bonds. The lowest BCUT2D eigenvalue weighted by Gasteiger charge is -2.16. The van der Waals surface area contributed by atoms with Gasteiger partial charge in [-0.15, -0.1) is 0 Å². The summed E-state index contributed by atoms with van der Waals surface area (Å²) in [7, 11) is 0. The molecule has 0 radical (unpaired) electrons. The predicted molar refractivity (Wildman–Crippen MR) is 68.9 cm³/mol. The number of hydrogen-bond acceptors (Lipinski definition) is 3. The van der Waals surface area contributed by atoms with Gasteiger partial charge in [-0.3, -0.25) is 4.79 Å². The van der Waals surface area contributed by atoms with Gasteiger partial charge in [0.25, 0.3) is 0 Å². The zero-order valence-corrected chi connectivity index (χ0v) is 11.7. The number of hydrogen-bond donors (Lipinski definition) is 0. The molecule has 4 heteroatoms. The summed E-state index contributed by atoms with van der Waals surface area (Å²) in [5.41, 5.74) is -0.0667. The zero-order chi connectivity index (χ0) is 13.1. The van der Waals surface area contributed by atoms with Gasteiger partial charge in [0.2, 0.25) is 0 Å². The van der Waals surface area contributed by atoms with Crippen LogP contribution in [-0.4, -0.2) is 18.4 Å². The third kappa shape index (κ3) is 3.97. The van der Waals surface area contributed by atoms with Crippen molar-refractivity contribution in [1.82, 2.24) is 0 Å². The van der Waals surface area contributed by atoms with E-state index in [1.54, 1.807) is 45.0 Å². The van der Waals surface area contributed by atoms with Gasteiger partial charge in [0.15, 0.2) is 12.4 Å². The smallest absolute Gasteiger partial charge is 0.339 e. The molecule has 0 aromatic heterocycles. The fraction of sp³-hybridized carbons (Fsp3) is 0.385. The van der Waals surface area contributed by atoms with Crippen molar-refractivity contribution in [3.8, 4) is 0 Å². The van der Waals surface area contributed by atoms with E-state index in [-0.39, 0.29) is 12.4 Å². The van der Waals surface area contributed by atoms with Crippen LogP contribution < -0.4 is 0 Å². The van der Waals surface area contributed by atoms with Gasteiger partial charge in [-0.1, -0.05) is 32.9 Å². The Hall–Kier alpha value is -1.16. The van der Waals surface area contributed by atoms with Crippen LogP contribution >= 0.6 is 15.9 Å². The molecule has 0 aliphatic carbocycles. The van der Waals surface area contributed by atoms with E-state index in [1.165, 1.54) is 0 Å². The molecule has 0 fully saturated rings. The van der Waals surface area contributed by atoms with Crippen LogP contribution in [0.4, 0.5) is 0 Å². The summed E-state index contributed by atoms with van der Waals surface area (Å²) in [6, 6.07) is 6.95. The lowest BCUT2D eigenvalue weighted by molar-refractivity contribution is -0.129. The Labute approximate surface area is 109 Å². The van der Waals surface area contributed by atoms with Crippen molar-refractivity contribution < 1.29 is 14.3 Å². The Bertz CT molecular complexity index is 433. The molecule has 3 nitrogen and oxygen atoms in total. The van der Waals surface area contributed by atoms with Gasteiger partial charge in [0, 0.05) is 9.89 Å². The standard InChI is InChI=1S/C13H15BrO3/c1-13(2,3)11(15)8-17-12(16)9-6-4-5-7-10(9)14/h4-7H,8H2,1-3H3. The minimum absolute atomic E-state index is 0.0992. The van der Waals surface area contributed by atoms with E-state index in [0.29, 0.717) is 10.0 Å². The Morgan fingerprint density at radius 1 is 1.24 bits per heavy atom. The van der Waals surface area contributed by atoms with E-state index in [9.17, 15) is 9.59 Å². The normalized spacial score (nSPS) is 11.1. The molecule has 0 saturated heterocycles. The van der Waals surface area contributed by atoms with Crippen LogP contribution in [0.15, 0.2) is 28.7 Å². The van der Waals surface area contributed by atoms with Gasteiger partial charge in [-0.25, -0.2) is 4.79 Å². The van der Waals surface area contributed by atoms with Crippen LogP contribution in [0.3, 0.4) is 0 Å².